The quantitative estimate of drug-likeness (QED) is 0.0324. The zero-order chi connectivity index (χ0) is 70.0. The number of nitrogens with zero attached hydrogens (tertiary/aromatic N) is 1. The maximum absolute atomic E-state index is 12.5. The summed E-state index contributed by atoms with van der Waals surface area (Å²) in [6.45, 7) is 14.5. The Morgan fingerprint density at radius 2 is 0.667 bits per heavy atom. The van der Waals surface area contributed by atoms with E-state index in [1.54, 1.807) is 14.2 Å². The normalized spacial score (nSPS) is 14.3. The molecule has 0 spiro atoms. The summed E-state index contributed by atoms with van der Waals surface area (Å²) in [5.41, 5.74) is 9.02. The van der Waals surface area contributed by atoms with E-state index >= 15 is 0 Å². The number of carbonyl (C=O) groups excluding carboxylic acids is 3. The van der Waals surface area contributed by atoms with E-state index in [0.29, 0.717) is 190 Å². The molecule has 1 unspecified atom stereocenters. The van der Waals surface area contributed by atoms with E-state index in [9.17, 15) is 14.4 Å². The van der Waals surface area contributed by atoms with Crippen LogP contribution in [0.15, 0.2) is 60.7 Å². The van der Waals surface area contributed by atoms with Gasteiger partial charge >= 0.3 is 5.97 Å². The molecular weight excluding hydrogens is 1300 g/mol. The second kappa shape index (κ2) is 57.8. The number of hydroxylamine groups is 2. The van der Waals surface area contributed by atoms with Gasteiger partial charge in [0.15, 0.2) is 54.3 Å². The first kappa shape index (κ1) is 85.0. The number of imide groups is 1. The van der Waals surface area contributed by atoms with E-state index in [0.717, 1.165) is 42.4 Å². The van der Waals surface area contributed by atoms with Gasteiger partial charge in [-0.05, 0) is 90.5 Å². The Labute approximate surface area is 583 Å². The Hall–Kier alpha value is -4.69. The minimum Gasteiger partial charge on any atom is -0.382 e. The van der Waals surface area contributed by atoms with Crippen LogP contribution in [0.5, 0.6) is 0 Å². The summed E-state index contributed by atoms with van der Waals surface area (Å²) in [7, 11) is 3.23. The summed E-state index contributed by atoms with van der Waals surface area (Å²) in [5, 5.41) is 0.591. The average molecular weight is 1410 g/mol. The summed E-state index contributed by atoms with van der Waals surface area (Å²) in [6, 6.07) is 21.8. The standard InChI is InChI=1S/C70H109NO28/c1-59-9-15-63-64-16-14-62(61-12-10-60(11-13-61)7-4-8-69(74)99-71-67(72)17-18-68(71)73)48-66(64)70(65(63)47-59,20-6-22-88-49-90-51-92-53-94-55-96-57-98-58-97-56-95-54-93-52-91-50-89-26-24-76-3)19-5-21-77-27-28-79-31-32-81-35-36-83-39-40-85-43-44-87-46-45-86-42-41-84-38-37-82-34-33-80-30-29-78-25-23-75-2/h9-16,47-48H,4-8,17-46,49-58H2,1-3H3. The van der Waals surface area contributed by atoms with Crippen LogP contribution in [0, 0.1) is 6.92 Å². The van der Waals surface area contributed by atoms with Gasteiger partial charge in [0.2, 0.25) is 0 Å². The van der Waals surface area contributed by atoms with Crippen LogP contribution in [0.25, 0.3) is 22.3 Å². The van der Waals surface area contributed by atoms with Crippen molar-refractivity contribution in [3.8, 4) is 22.3 Å². The van der Waals surface area contributed by atoms with Gasteiger partial charge in [-0.25, -0.2) is 4.79 Å². The van der Waals surface area contributed by atoms with Gasteiger partial charge in [0.25, 0.3) is 11.8 Å². The van der Waals surface area contributed by atoms with E-state index in [1.807, 2.05) is 0 Å². The zero-order valence-corrected chi connectivity index (χ0v) is 58.5. The summed E-state index contributed by atoms with van der Waals surface area (Å²) in [5.74, 6) is -1.59. The lowest BCUT2D eigenvalue weighted by atomic mass is 9.71. The third kappa shape index (κ3) is 38.4. The van der Waals surface area contributed by atoms with Crippen molar-refractivity contribution in [2.45, 2.75) is 70.1 Å². The van der Waals surface area contributed by atoms with Crippen molar-refractivity contribution in [2.24, 2.45) is 0 Å². The molecule has 29 nitrogen and oxygen atoms in total. The van der Waals surface area contributed by atoms with E-state index in [-0.39, 0.29) is 92.6 Å². The molecule has 1 aliphatic carbocycles. The third-order valence-electron chi connectivity index (χ3n) is 14.9. The molecule has 99 heavy (non-hydrogen) atoms. The van der Waals surface area contributed by atoms with Crippen LogP contribution in [0.4, 0.5) is 0 Å². The van der Waals surface area contributed by atoms with Gasteiger partial charge in [-0.1, -0.05) is 60.2 Å². The lowest BCUT2D eigenvalue weighted by Gasteiger charge is -2.33. The number of hydrogen-bond acceptors (Lipinski definition) is 28. The number of carbonyl (C=O) groups is 3. The van der Waals surface area contributed by atoms with Gasteiger partial charge in [-0.2, -0.15) is 0 Å². The average Bonchev–Trinajstić information content (AvgIpc) is 1.56. The largest absolute Gasteiger partial charge is 0.382 e. The van der Waals surface area contributed by atoms with Crippen LogP contribution in [0.3, 0.4) is 0 Å². The molecule has 0 bridgehead atoms. The number of benzene rings is 3. The Kier molecular flexibility index (Phi) is 49.6. The summed E-state index contributed by atoms with van der Waals surface area (Å²) < 4.78 is 130. The number of hydrogen-bond donors (Lipinski definition) is 0. The molecule has 2 aliphatic rings. The number of fused-ring (bicyclic) bond motifs is 3. The summed E-state index contributed by atoms with van der Waals surface area (Å²) in [6.07, 6.45) is 4.50. The van der Waals surface area contributed by atoms with Gasteiger partial charge in [0.05, 0.1) is 159 Å². The Morgan fingerprint density at radius 1 is 0.354 bits per heavy atom. The highest BCUT2D eigenvalue weighted by Crippen LogP contribution is 2.55. The van der Waals surface area contributed by atoms with E-state index < -0.39 is 17.8 Å². The van der Waals surface area contributed by atoms with Gasteiger partial charge in [0.1, 0.15) is 13.6 Å². The number of ether oxygens (including phenoxy) is 24. The fraction of sp³-hybridized carbons (Fsp3) is 0.700. The molecular formula is C70H109NO28. The molecule has 1 aliphatic heterocycles. The van der Waals surface area contributed by atoms with Crippen molar-refractivity contribution in [3.63, 3.8) is 0 Å². The fourth-order valence-corrected chi connectivity index (χ4v) is 10.1. The molecule has 3 aromatic rings. The molecule has 2 amide bonds. The van der Waals surface area contributed by atoms with Crippen LogP contribution < -0.4 is 0 Å². The van der Waals surface area contributed by atoms with Gasteiger partial charge in [-0.15, -0.1) is 5.06 Å². The second-order valence-corrected chi connectivity index (χ2v) is 22.2. The van der Waals surface area contributed by atoms with Crippen LogP contribution in [0.2, 0.25) is 0 Å². The van der Waals surface area contributed by atoms with E-state index in [4.69, 9.17) is 119 Å². The highest BCUT2D eigenvalue weighted by Gasteiger charge is 2.43. The Bertz CT molecular complexity index is 2480. The second-order valence-electron chi connectivity index (χ2n) is 22.2. The smallest absolute Gasteiger partial charge is 0.333 e. The number of rotatable bonds is 70. The SMILES string of the molecule is COCCOCCOCCOCCOCCOCCOCCOCCOCCOCCOCCOCCCC1(CCCOCOCOCOCOCOCOCOCOCOCOCCOC)c2cc(C)ccc2-c2ccc(-c3ccc(CCCC(=O)ON4C(=O)CCC4=O)cc3)cc21. The first-order chi connectivity index (χ1) is 48.9. The summed E-state index contributed by atoms with van der Waals surface area (Å²) >= 11 is 0. The zero-order valence-electron chi connectivity index (χ0n) is 58.5. The molecule has 562 valence electrons. The molecule has 1 saturated heterocycles. The van der Waals surface area contributed by atoms with Crippen LogP contribution in [-0.2, 0) is 145 Å². The number of amides is 2. The van der Waals surface area contributed by atoms with Crippen LogP contribution in [0.1, 0.15) is 73.6 Å². The molecule has 1 heterocycles. The number of aryl methyl sites for hydroxylation is 2. The molecule has 29 heteroatoms. The van der Waals surface area contributed by atoms with Crippen molar-refractivity contribution in [1.29, 1.82) is 0 Å². The number of methoxy groups -OCH3 is 2. The van der Waals surface area contributed by atoms with Gasteiger partial charge in [0, 0.05) is 52.1 Å². The summed E-state index contributed by atoms with van der Waals surface area (Å²) in [4.78, 5) is 41.3. The maximum atomic E-state index is 12.5. The Morgan fingerprint density at radius 3 is 1.06 bits per heavy atom. The Balaban J connectivity index is 0.934. The molecule has 3 aromatic carbocycles. The molecule has 0 N–H and O–H groups in total. The topological polar surface area (TPSA) is 285 Å². The van der Waals surface area contributed by atoms with Crippen molar-refractivity contribution < 1.29 is 133 Å². The van der Waals surface area contributed by atoms with Gasteiger partial charge in [-0.3, -0.25) is 9.59 Å². The lowest BCUT2D eigenvalue weighted by molar-refractivity contribution is -0.232. The third-order valence-corrected chi connectivity index (χ3v) is 14.9. The highest BCUT2D eigenvalue weighted by molar-refractivity contribution is 6.01. The molecule has 5 rings (SSSR count). The van der Waals surface area contributed by atoms with Crippen LogP contribution in [-0.4, -0.2) is 277 Å². The molecule has 0 saturated carbocycles. The van der Waals surface area contributed by atoms with E-state index in [1.165, 1.54) is 27.8 Å². The van der Waals surface area contributed by atoms with Crippen molar-refractivity contribution in [3.05, 3.63) is 82.9 Å². The monoisotopic (exact) mass is 1410 g/mol. The molecule has 0 aromatic heterocycles. The molecule has 1 fully saturated rings. The van der Waals surface area contributed by atoms with E-state index in [2.05, 4.69) is 67.6 Å². The molecule has 0 radical (unpaired) electrons. The van der Waals surface area contributed by atoms with Crippen molar-refractivity contribution in [1.82, 2.24) is 5.06 Å². The minimum atomic E-state index is -0.604. The molecule has 1 atom stereocenters. The highest BCUT2D eigenvalue weighted by atomic mass is 16.8. The first-order valence-corrected chi connectivity index (χ1v) is 34.0. The van der Waals surface area contributed by atoms with Crippen LogP contribution >= 0.6 is 0 Å². The minimum absolute atomic E-state index is 0.0150. The first-order valence-electron chi connectivity index (χ1n) is 34.0. The lowest BCUT2D eigenvalue weighted by Crippen LogP contribution is -2.31. The van der Waals surface area contributed by atoms with Crippen molar-refractivity contribution in [2.75, 3.05) is 254 Å². The predicted octanol–water partition coefficient (Wildman–Crippen LogP) is 6.65. The maximum Gasteiger partial charge on any atom is 0.333 e. The van der Waals surface area contributed by atoms with Gasteiger partial charge < -0.3 is 119 Å². The fourth-order valence-electron chi connectivity index (χ4n) is 10.1. The predicted molar refractivity (Wildman–Crippen MR) is 355 cm³/mol. The van der Waals surface area contributed by atoms with Crippen molar-refractivity contribution >= 4 is 17.8 Å².